The van der Waals surface area contributed by atoms with Crippen LogP contribution in [0.4, 0.5) is 3.89 Å². The Morgan fingerprint density at radius 3 is 2.38 bits per heavy atom. The summed E-state index contributed by atoms with van der Waals surface area (Å²) in [5.74, 6) is -4.80. The van der Waals surface area contributed by atoms with Crippen molar-refractivity contribution in [1.82, 2.24) is 4.72 Å². The predicted octanol–water partition coefficient (Wildman–Crippen LogP) is -1.65. The van der Waals surface area contributed by atoms with Gasteiger partial charge in [0.1, 0.15) is 0 Å². The van der Waals surface area contributed by atoms with E-state index in [1.165, 1.54) is 0 Å². The minimum Gasteiger partial charge on any atom is -0.417 e. The van der Waals surface area contributed by atoms with Crippen molar-refractivity contribution < 1.29 is 31.4 Å². The van der Waals surface area contributed by atoms with Crippen LogP contribution in [-0.2, 0) is 29.5 Å². The molecule has 0 saturated carbocycles. The standard InChI is InChI=1S/C6H3FN2O6S/c7-16(13,14)9-3(10)1-2-5(11)4(8)6(12)15-2/h1,8H,(H,9,10)/b2-1+,8-4?. The summed E-state index contributed by atoms with van der Waals surface area (Å²) in [7, 11) is -5.26. The number of nitrogens with one attached hydrogen (secondary N) is 2. The predicted molar refractivity (Wildman–Crippen MR) is 45.1 cm³/mol. The van der Waals surface area contributed by atoms with Gasteiger partial charge in [-0.1, -0.05) is 3.89 Å². The quantitative estimate of drug-likeness (QED) is 0.343. The molecule has 0 atom stereocenters. The Morgan fingerprint density at radius 2 is 2.00 bits per heavy atom. The molecule has 0 aromatic rings. The molecule has 1 aliphatic heterocycles. The van der Waals surface area contributed by atoms with Crippen LogP contribution < -0.4 is 4.72 Å². The van der Waals surface area contributed by atoms with Crippen LogP contribution in [0.5, 0.6) is 0 Å². The molecule has 8 nitrogen and oxygen atoms in total. The van der Waals surface area contributed by atoms with Gasteiger partial charge >= 0.3 is 16.4 Å². The van der Waals surface area contributed by atoms with Gasteiger partial charge in [0.05, 0.1) is 6.08 Å². The summed E-state index contributed by atoms with van der Waals surface area (Å²) >= 11 is 0. The van der Waals surface area contributed by atoms with E-state index in [1.807, 2.05) is 0 Å². The van der Waals surface area contributed by atoms with E-state index in [1.54, 1.807) is 0 Å². The van der Waals surface area contributed by atoms with Gasteiger partial charge in [-0.15, -0.1) is 0 Å². The van der Waals surface area contributed by atoms with Crippen molar-refractivity contribution in [2.24, 2.45) is 0 Å². The highest BCUT2D eigenvalue weighted by atomic mass is 32.3. The maximum atomic E-state index is 11.9. The van der Waals surface area contributed by atoms with Crippen LogP contribution >= 0.6 is 0 Å². The fourth-order valence-electron chi connectivity index (χ4n) is 0.777. The summed E-state index contributed by atoms with van der Waals surface area (Å²) in [4.78, 5) is 32.3. The summed E-state index contributed by atoms with van der Waals surface area (Å²) in [6.45, 7) is 0. The van der Waals surface area contributed by atoms with Crippen LogP contribution in [0.2, 0.25) is 0 Å². The Morgan fingerprint density at radius 1 is 1.44 bits per heavy atom. The van der Waals surface area contributed by atoms with Gasteiger partial charge in [0, 0.05) is 0 Å². The number of Topliss-reactive ketones (excluding diaryl/α,β-unsaturated/α-hetero) is 1. The second-order valence-corrected chi connectivity index (χ2v) is 3.59. The van der Waals surface area contributed by atoms with Crippen molar-refractivity contribution in [2.75, 3.05) is 0 Å². The molecule has 2 N–H and O–H groups in total. The second kappa shape index (κ2) is 3.81. The Bertz CT molecular complexity index is 533. The molecular weight excluding hydrogens is 247 g/mol. The maximum Gasteiger partial charge on any atom is 0.399 e. The van der Waals surface area contributed by atoms with Crippen molar-refractivity contribution in [2.45, 2.75) is 0 Å². The zero-order valence-corrected chi connectivity index (χ0v) is 8.13. The Hall–Kier alpha value is -2.10. The summed E-state index contributed by atoms with van der Waals surface area (Å²) in [5, 5.41) is 6.83. The van der Waals surface area contributed by atoms with Gasteiger partial charge < -0.3 is 4.74 Å². The molecule has 0 aromatic heterocycles. The van der Waals surface area contributed by atoms with E-state index in [4.69, 9.17) is 5.41 Å². The Balaban J connectivity index is 2.88. The number of carbonyl (C=O) groups is 3. The van der Waals surface area contributed by atoms with Crippen LogP contribution in [0.25, 0.3) is 0 Å². The maximum absolute atomic E-state index is 11.9. The van der Waals surface area contributed by atoms with Crippen molar-refractivity contribution in [3.63, 3.8) is 0 Å². The van der Waals surface area contributed by atoms with Crippen LogP contribution in [0, 0.1) is 5.41 Å². The van der Waals surface area contributed by atoms with Crippen molar-refractivity contribution >= 4 is 33.8 Å². The third-order valence-corrected chi connectivity index (χ3v) is 1.79. The third kappa shape index (κ3) is 2.70. The van der Waals surface area contributed by atoms with Gasteiger partial charge in [-0.05, 0) is 0 Å². The third-order valence-electron chi connectivity index (χ3n) is 1.34. The number of amides is 1. The lowest BCUT2D eigenvalue weighted by molar-refractivity contribution is -0.130. The number of ketones is 1. The average Bonchev–Trinajstić information content (AvgIpc) is 2.30. The van der Waals surface area contributed by atoms with E-state index >= 15 is 0 Å². The SMILES string of the molecule is N=C1C(=O)O/C(=C/C(=O)NS(=O)(=O)F)C1=O. The Kier molecular flexibility index (Phi) is 2.85. The molecule has 0 aromatic carbocycles. The molecule has 0 aliphatic carbocycles. The number of cyclic esters (lactones) is 1. The number of esters is 1. The van der Waals surface area contributed by atoms with Crippen LogP contribution in [-0.4, -0.2) is 31.8 Å². The summed E-state index contributed by atoms with van der Waals surface area (Å²) in [5.41, 5.74) is -0.998. The molecule has 0 radical (unpaired) electrons. The number of allylic oxidation sites excluding steroid dienone is 1. The molecule has 86 valence electrons. The van der Waals surface area contributed by atoms with Gasteiger partial charge in [-0.3, -0.25) is 15.0 Å². The monoisotopic (exact) mass is 250 g/mol. The number of hydrogen-bond donors (Lipinski definition) is 2. The summed E-state index contributed by atoms with van der Waals surface area (Å²) in [6, 6.07) is 0. The van der Waals surface area contributed by atoms with Gasteiger partial charge in [-0.25, -0.2) is 9.52 Å². The second-order valence-electron chi connectivity index (χ2n) is 2.51. The molecule has 10 heteroatoms. The molecule has 16 heavy (non-hydrogen) atoms. The van der Waals surface area contributed by atoms with Gasteiger partial charge in [0.25, 0.3) is 11.7 Å². The van der Waals surface area contributed by atoms with E-state index in [2.05, 4.69) is 4.74 Å². The largest absolute Gasteiger partial charge is 0.417 e. The lowest BCUT2D eigenvalue weighted by atomic mass is 10.2. The smallest absolute Gasteiger partial charge is 0.399 e. The highest BCUT2D eigenvalue weighted by molar-refractivity contribution is 7.84. The van der Waals surface area contributed by atoms with Crippen molar-refractivity contribution in [3.05, 3.63) is 11.8 Å². The molecule has 1 saturated heterocycles. The topological polar surface area (TPSA) is 130 Å². The molecule has 0 spiro atoms. The highest BCUT2D eigenvalue weighted by Crippen LogP contribution is 2.10. The van der Waals surface area contributed by atoms with Crippen LogP contribution in [0.3, 0.4) is 0 Å². The highest BCUT2D eigenvalue weighted by Gasteiger charge is 2.35. The lowest BCUT2D eigenvalue weighted by Gasteiger charge is -1.95. The fraction of sp³-hybridized carbons (Fsp3) is 0. The lowest BCUT2D eigenvalue weighted by Crippen LogP contribution is -2.26. The number of hydrogen-bond acceptors (Lipinski definition) is 7. The zero-order valence-electron chi connectivity index (χ0n) is 7.31. The number of halogens is 1. The van der Waals surface area contributed by atoms with Crippen LogP contribution in [0.1, 0.15) is 0 Å². The molecule has 1 heterocycles. The van der Waals surface area contributed by atoms with E-state index in [9.17, 15) is 26.7 Å². The molecule has 1 amide bonds. The Labute approximate surface area is 87.9 Å². The minimum absolute atomic E-state index is 0.263. The van der Waals surface area contributed by atoms with E-state index in [0.717, 1.165) is 4.72 Å². The van der Waals surface area contributed by atoms with E-state index in [0.29, 0.717) is 0 Å². The number of carbonyl (C=O) groups excluding carboxylic acids is 3. The first-order valence-electron chi connectivity index (χ1n) is 3.54. The van der Waals surface area contributed by atoms with Gasteiger partial charge in [-0.2, -0.15) is 8.42 Å². The summed E-state index contributed by atoms with van der Waals surface area (Å²) < 4.78 is 36.9. The van der Waals surface area contributed by atoms with Crippen molar-refractivity contribution in [1.29, 1.82) is 5.41 Å². The number of ether oxygens (including phenoxy) is 1. The zero-order chi connectivity index (χ0) is 12.5. The van der Waals surface area contributed by atoms with Crippen LogP contribution in [0.15, 0.2) is 11.8 Å². The number of rotatable bonds is 2. The fourth-order valence-corrected chi connectivity index (χ4v) is 1.08. The molecule has 0 bridgehead atoms. The van der Waals surface area contributed by atoms with E-state index in [-0.39, 0.29) is 6.08 Å². The first kappa shape index (κ1) is 12.0. The first-order valence-corrected chi connectivity index (χ1v) is 4.92. The molecule has 0 unspecified atom stereocenters. The molecule has 1 aliphatic rings. The summed E-state index contributed by atoms with van der Waals surface area (Å²) in [6.07, 6.45) is 0.263. The minimum atomic E-state index is -5.26. The average molecular weight is 250 g/mol. The van der Waals surface area contributed by atoms with Crippen molar-refractivity contribution in [3.8, 4) is 0 Å². The molecule has 1 rings (SSSR count). The van der Waals surface area contributed by atoms with Gasteiger partial charge in [0.2, 0.25) is 0 Å². The normalized spacial score (nSPS) is 18.8. The molecular formula is C6H3FN2O6S. The van der Waals surface area contributed by atoms with E-state index < -0.39 is 39.5 Å². The molecule has 1 fully saturated rings. The first-order chi connectivity index (χ1) is 7.20. The van der Waals surface area contributed by atoms with Gasteiger partial charge in [0.15, 0.2) is 11.5 Å².